The number of hydrogen-bond donors (Lipinski definition) is 2. The lowest BCUT2D eigenvalue weighted by Gasteiger charge is -2.28. The molecule has 0 atom stereocenters. The lowest BCUT2D eigenvalue weighted by molar-refractivity contribution is 0.423. The van der Waals surface area contributed by atoms with E-state index in [1.54, 1.807) is 0 Å². The minimum Gasteiger partial charge on any atom is -0.360 e. The van der Waals surface area contributed by atoms with Gasteiger partial charge in [0, 0.05) is 11.6 Å². The molecule has 0 aromatic heterocycles. The van der Waals surface area contributed by atoms with Crippen LogP contribution >= 0.6 is 12.2 Å². The molecule has 0 heterocycles. The van der Waals surface area contributed by atoms with Crippen LogP contribution in [-0.4, -0.2) is 16.7 Å². The molecular formula is C15H22N2S. The van der Waals surface area contributed by atoms with Gasteiger partial charge in [-0.3, -0.25) is 0 Å². The van der Waals surface area contributed by atoms with Crippen LogP contribution in [0, 0.1) is 0 Å². The fourth-order valence-corrected chi connectivity index (χ4v) is 2.36. The van der Waals surface area contributed by atoms with Crippen molar-refractivity contribution < 1.29 is 0 Å². The summed E-state index contributed by atoms with van der Waals surface area (Å²) in [5, 5.41) is 7.55. The monoisotopic (exact) mass is 262 g/mol. The highest BCUT2D eigenvalue weighted by atomic mass is 32.1. The Morgan fingerprint density at radius 1 is 1.28 bits per heavy atom. The standard InChI is InChI=1S/C15H22N2S/c1-15(2,17-14(18)16-13-8-9-13)11-10-12-6-4-3-5-7-12/h3-7,13H,8-11H2,1-2H3,(H2,16,17,18). The first-order valence-electron chi connectivity index (χ1n) is 6.68. The third-order valence-corrected chi connectivity index (χ3v) is 3.47. The maximum atomic E-state index is 5.33. The van der Waals surface area contributed by atoms with Crippen LogP contribution in [-0.2, 0) is 6.42 Å². The zero-order valence-corrected chi connectivity index (χ0v) is 12.0. The summed E-state index contributed by atoms with van der Waals surface area (Å²) in [5.41, 5.74) is 1.42. The second kappa shape index (κ2) is 5.70. The third-order valence-electron chi connectivity index (χ3n) is 3.25. The summed E-state index contributed by atoms with van der Waals surface area (Å²) in [4.78, 5) is 0. The lowest BCUT2D eigenvalue weighted by atomic mass is 9.95. The van der Waals surface area contributed by atoms with E-state index in [0.717, 1.165) is 18.0 Å². The molecule has 0 saturated heterocycles. The summed E-state index contributed by atoms with van der Waals surface area (Å²) in [6.45, 7) is 4.41. The van der Waals surface area contributed by atoms with Crippen LogP contribution in [0.4, 0.5) is 0 Å². The minimum absolute atomic E-state index is 0.0365. The summed E-state index contributed by atoms with van der Waals surface area (Å²) in [6, 6.07) is 11.2. The molecule has 98 valence electrons. The van der Waals surface area contributed by atoms with Gasteiger partial charge in [-0.15, -0.1) is 0 Å². The minimum atomic E-state index is 0.0365. The van der Waals surface area contributed by atoms with E-state index in [4.69, 9.17) is 12.2 Å². The SMILES string of the molecule is CC(C)(CCc1ccccc1)NC(=S)NC1CC1. The Kier molecular flexibility index (Phi) is 4.23. The molecule has 1 fully saturated rings. The van der Waals surface area contributed by atoms with Crippen LogP contribution in [0.25, 0.3) is 0 Å². The molecule has 18 heavy (non-hydrogen) atoms. The van der Waals surface area contributed by atoms with Gasteiger partial charge in [-0.1, -0.05) is 30.3 Å². The Bertz CT molecular complexity index is 396. The van der Waals surface area contributed by atoms with Crippen LogP contribution in [0.5, 0.6) is 0 Å². The zero-order valence-electron chi connectivity index (χ0n) is 11.2. The van der Waals surface area contributed by atoms with E-state index in [2.05, 4.69) is 54.8 Å². The van der Waals surface area contributed by atoms with Crippen LogP contribution in [0.1, 0.15) is 38.7 Å². The molecule has 2 nitrogen and oxygen atoms in total. The van der Waals surface area contributed by atoms with E-state index in [1.165, 1.54) is 18.4 Å². The zero-order chi connectivity index (χ0) is 13.0. The van der Waals surface area contributed by atoms with Gasteiger partial charge in [0.1, 0.15) is 0 Å². The fraction of sp³-hybridized carbons (Fsp3) is 0.533. The molecule has 2 rings (SSSR count). The smallest absolute Gasteiger partial charge is 0.166 e. The number of nitrogens with one attached hydrogen (secondary N) is 2. The molecule has 0 spiro atoms. The van der Waals surface area contributed by atoms with Crippen LogP contribution in [0.2, 0.25) is 0 Å². The van der Waals surface area contributed by atoms with Gasteiger partial charge in [0.2, 0.25) is 0 Å². The van der Waals surface area contributed by atoms with Gasteiger partial charge in [-0.25, -0.2) is 0 Å². The molecule has 1 aliphatic rings. The molecule has 0 amide bonds. The van der Waals surface area contributed by atoms with Gasteiger partial charge in [0.25, 0.3) is 0 Å². The number of hydrogen-bond acceptors (Lipinski definition) is 1. The van der Waals surface area contributed by atoms with Gasteiger partial charge in [0.15, 0.2) is 5.11 Å². The molecule has 0 unspecified atom stereocenters. The first-order chi connectivity index (χ1) is 8.55. The average molecular weight is 262 g/mol. The quantitative estimate of drug-likeness (QED) is 0.798. The number of benzene rings is 1. The van der Waals surface area contributed by atoms with E-state index in [0.29, 0.717) is 6.04 Å². The largest absolute Gasteiger partial charge is 0.360 e. The van der Waals surface area contributed by atoms with Crippen molar-refractivity contribution in [3.05, 3.63) is 35.9 Å². The number of thiocarbonyl (C=S) groups is 1. The third kappa shape index (κ3) is 4.65. The summed E-state index contributed by atoms with van der Waals surface area (Å²) in [5.74, 6) is 0. The van der Waals surface area contributed by atoms with E-state index in [-0.39, 0.29) is 5.54 Å². The highest BCUT2D eigenvalue weighted by molar-refractivity contribution is 7.80. The van der Waals surface area contributed by atoms with Crippen molar-refractivity contribution in [1.82, 2.24) is 10.6 Å². The lowest BCUT2D eigenvalue weighted by Crippen LogP contribution is -2.49. The van der Waals surface area contributed by atoms with Crippen LogP contribution in [0.3, 0.4) is 0 Å². The molecule has 2 N–H and O–H groups in total. The van der Waals surface area contributed by atoms with Crippen molar-refractivity contribution in [3.8, 4) is 0 Å². The normalized spacial score (nSPS) is 15.2. The molecule has 1 aliphatic carbocycles. The molecular weight excluding hydrogens is 240 g/mol. The van der Waals surface area contributed by atoms with Gasteiger partial charge in [-0.2, -0.15) is 0 Å². The van der Waals surface area contributed by atoms with Gasteiger partial charge in [-0.05, 0) is 57.3 Å². The first kappa shape index (κ1) is 13.3. The summed E-state index contributed by atoms with van der Waals surface area (Å²) in [7, 11) is 0. The van der Waals surface area contributed by atoms with Crippen molar-refractivity contribution >= 4 is 17.3 Å². The van der Waals surface area contributed by atoms with Crippen LogP contribution in [0.15, 0.2) is 30.3 Å². The van der Waals surface area contributed by atoms with Crippen LogP contribution < -0.4 is 10.6 Å². The number of aryl methyl sites for hydroxylation is 1. The molecule has 0 radical (unpaired) electrons. The van der Waals surface area contributed by atoms with Gasteiger partial charge < -0.3 is 10.6 Å². The highest BCUT2D eigenvalue weighted by Crippen LogP contribution is 2.19. The van der Waals surface area contributed by atoms with E-state index in [9.17, 15) is 0 Å². The molecule has 1 aromatic carbocycles. The molecule has 0 bridgehead atoms. The summed E-state index contributed by atoms with van der Waals surface area (Å²) >= 11 is 5.33. The molecule has 1 aromatic rings. The van der Waals surface area contributed by atoms with Gasteiger partial charge >= 0.3 is 0 Å². The summed E-state index contributed by atoms with van der Waals surface area (Å²) < 4.78 is 0. The van der Waals surface area contributed by atoms with Gasteiger partial charge in [0.05, 0.1) is 0 Å². The Labute approximate surface area is 115 Å². The van der Waals surface area contributed by atoms with Crippen molar-refractivity contribution in [2.75, 3.05) is 0 Å². The van der Waals surface area contributed by atoms with Crippen molar-refractivity contribution in [2.45, 2.75) is 51.1 Å². The topological polar surface area (TPSA) is 24.1 Å². The Morgan fingerprint density at radius 2 is 1.94 bits per heavy atom. The predicted octanol–water partition coefficient (Wildman–Crippen LogP) is 3.02. The Morgan fingerprint density at radius 3 is 2.56 bits per heavy atom. The van der Waals surface area contributed by atoms with E-state index < -0.39 is 0 Å². The number of rotatable bonds is 5. The maximum Gasteiger partial charge on any atom is 0.166 e. The second-order valence-electron chi connectivity index (χ2n) is 5.74. The van der Waals surface area contributed by atoms with Crippen molar-refractivity contribution in [2.24, 2.45) is 0 Å². The maximum absolute atomic E-state index is 5.33. The summed E-state index contributed by atoms with van der Waals surface area (Å²) in [6.07, 6.45) is 4.66. The molecule has 3 heteroatoms. The van der Waals surface area contributed by atoms with E-state index in [1.807, 2.05) is 0 Å². The van der Waals surface area contributed by atoms with Crippen molar-refractivity contribution in [3.63, 3.8) is 0 Å². The Hall–Kier alpha value is -1.09. The highest BCUT2D eigenvalue weighted by Gasteiger charge is 2.24. The molecule has 1 saturated carbocycles. The van der Waals surface area contributed by atoms with Crippen molar-refractivity contribution in [1.29, 1.82) is 0 Å². The van der Waals surface area contributed by atoms with E-state index >= 15 is 0 Å². The Balaban J connectivity index is 1.77. The first-order valence-corrected chi connectivity index (χ1v) is 7.09. The predicted molar refractivity (Wildman–Crippen MR) is 80.7 cm³/mol. The molecule has 0 aliphatic heterocycles. The second-order valence-corrected chi connectivity index (χ2v) is 6.15. The average Bonchev–Trinajstić information content (AvgIpc) is 3.11. The fourth-order valence-electron chi connectivity index (χ4n) is 1.92.